The fraction of sp³-hybridized carbons (Fsp3) is 0.217. The van der Waals surface area contributed by atoms with Crippen LogP contribution in [0.25, 0.3) is 22.1 Å². The van der Waals surface area contributed by atoms with Crippen LogP contribution in [-0.2, 0) is 0 Å². The van der Waals surface area contributed by atoms with E-state index in [2.05, 4.69) is 15.5 Å². The van der Waals surface area contributed by atoms with Gasteiger partial charge in [-0.25, -0.2) is 4.98 Å². The van der Waals surface area contributed by atoms with Crippen molar-refractivity contribution in [2.24, 2.45) is 0 Å². The molecule has 3 aromatic heterocycles. The third-order valence-electron chi connectivity index (χ3n) is 5.98. The molecule has 0 unspecified atom stereocenters. The molecule has 0 spiro atoms. The summed E-state index contributed by atoms with van der Waals surface area (Å²) in [6.07, 6.45) is 3.18. The number of carbonyl (C=O) groups is 1. The first kappa shape index (κ1) is 24.0. The summed E-state index contributed by atoms with van der Waals surface area (Å²) in [4.78, 5) is 30.8. The second-order valence-corrected chi connectivity index (χ2v) is 9.06. The normalized spacial score (nSPS) is 15.7. The number of nitrogens with two attached hydrogens (primary N) is 1. The lowest BCUT2D eigenvalue weighted by molar-refractivity contribution is 0.0665. The Bertz CT molecular complexity index is 1540. The highest BCUT2D eigenvalue weighted by atomic mass is 35.5. The number of hydrogen-bond acceptors (Lipinski definition) is 7. The average Bonchev–Trinajstić information content (AvgIpc) is 3.46. The quantitative estimate of drug-likeness (QED) is 0.390. The lowest BCUT2D eigenvalue weighted by Gasteiger charge is -2.18. The molecular weight excluding hydrogens is 517 g/mol. The molecule has 1 amide bonds. The van der Waals surface area contributed by atoms with Crippen molar-refractivity contribution < 1.29 is 18.1 Å². The minimum absolute atomic E-state index is 0.146. The number of anilines is 2. The van der Waals surface area contributed by atoms with Crippen LogP contribution in [0.4, 0.5) is 20.4 Å². The molecule has 0 bridgehead atoms. The number of amides is 1. The molecule has 4 heterocycles. The number of hydrogen-bond donors (Lipinski definition) is 2. The van der Waals surface area contributed by atoms with Gasteiger partial charge >= 0.3 is 6.55 Å². The second kappa shape index (κ2) is 9.40. The first-order valence-electron chi connectivity index (χ1n) is 10.8. The largest absolute Gasteiger partial charge is 0.380 e. The maximum absolute atomic E-state index is 13.1. The van der Waals surface area contributed by atoms with Gasteiger partial charge in [-0.05, 0) is 35.7 Å². The van der Waals surface area contributed by atoms with E-state index in [9.17, 15) is 18.4 Å². The number of halogens is 4. The van der Waals surface area contributed by atoms with Crippen LogP contribution in [0, 0.1) is 0 Å². The minimum atomic E-state index is -2.97. The average molecular weight is 535 g/mol. The van der Waals surface area contributed by atoms with Gasteiger partial charge < -0.3 is 20.5 Å². The Kier molecular flexibility index (Phi) is 6.27. The summed E-state index contributed by atoms with van der Waals surface area (Å²) in [5.74, 6) is 0.325. The van der Waals surface area contributed by atoms with Crippen LogP contribution in [0.3, 0.4) is 0 Å². The van der Waals surface area contributed by atoms with E-state index >= 15 is 0 Å². The van der Waals surface area contributed by atoms with Crippen molar-refractivity contribution in [3.8, 4) is 11.1 Å². The van der Waals surface area contributed by atoms with E-state index in [0.29, 0.717) is 57.0 Å². The van der Waals surface area contributed by atoms with Gasteiger partial charge in [0.05, 0.1) is 21.0 Å². The maximum Gasteiger partial charge on any atom is 0.321 e. The molecule has 1 fully saturated rings. The SMILES string of the molecule is Nc1noc2c(N3CC[C@@H](NC(=O)c4ccc(-c5ccc(=O)n(C(F)F)c5)cc4Cl)C3)ncc(Cl)c12. The predicted octanol–water partition coefficient (Wildman–Crippen LogP) is 4.34. The third-order valence-corrected chi connectivity index (χ3v) is 6.58. The molecule has 1 aliphatic rings. The summed E-state index contributed by atoms with van der Waals surface area (Å²) in [5, 5.41) is 7.69. The summed E-state index contributed by atoms with van der Waals surface area (Å²) in [6.45, 7) is -1.91. The molecule has 0 aliphatic carbocycles. The Labute approximate surface area is 212 Å². The highest BCUT2D eigenvalue weighted by molar-refractivity contribution is 6.36. The van der Waals surface area contributed by atoms with E-state index in [-0.39, 0.29) is 28.4 Å². The van der Waals surface area contributed by atoms with Crippen LogP contribution in [0.1, 0.15) is 23.3 Å². The standard InChI is InChI=1S/C23H18Cl2F2N6O3/c24-15-7-11(12-2-4-17(34)33(9-12)23(26)27)1-3-14(15)22(35)30-13-5-6-32(10-13)21-19-18(16(25)8-29-21)20(28)31-36-19/h1-4,7-9,13,23H,5-6,10H2,(H2,28,31)(H,30,35)/t13-/m1/s1. The summed E-state index contributed by atoms with van der Waals surface area (Å²) in [7, 11) is 0. The van der Waals surface area contributed by atoms with Crippen molar-refractivity contribution >= 4 is 51.7 Å². The lowest BCUT2D eigenvalue weighted by Crippen LogP contribution is -2.37. The van der Waals surface area contributed by atoms with Gasteiger partial charge in [0.15, 0.2) is 11.6 Å². The first-order valence-corrected chi connectivity index (χ1v) is 11.5. The topological polar surface area (TPSA) is 119 Å². The highest BCUT2D eigenvalue weighted by Gasteiger charge is 2.29. The highest BCUT2D eigenvalue weighted by Crippen LogP contribution is 2.35. The van der Waals surface area contributed by atoms with Gasteiger partial charge in [0.1, 0.15) is 0 Å². The van der Waals surface area contributed by atoms with Crippen molar-refractivity contribution in [3.05, 3.63) is 68.7 Å². The van der Waals surface area contributed by atoms with Crippen LogP contribution in [0.5, 0.6) is 0 Å². The van der Waals surface area contributed by atoms with Gasteiger partial charge in [-0.3, -0.25) is 14.2 Å². The maximum atomic E-state index is 13.1. The van der Waals surface area contributed by atoms with E-state index < -0.39 is 12.1 Å². The van der Waals surface area contributed by atoms with Gasteiger partial charge in [-0.1, -0.05) is 34.4 Å². The number of pyridine rings is 2. The minimum Gasteiger partial charge on any atom is -0.380 e. The Balaban J connectivity index is 1.30. The number of benzene rings is 1. The van der Waals surface area contributed by atoms with Crippen LogP contribution in [0.2, 0.25) is 10.0 Å². The molecule has 186 valence electrons. The molecule has 3 N–H and O–H groups in total. The number of aromatic nitrogens is 3. The molecule has 9 nitrogen and oxygen atoms in total. The van der Waals surface area contributed by atoms with Crippen LogP contribution in [-0.4, -0.2) is 39.7 Å². The lowest BCUT2D eigenvalue weighted by atomic mass is 10.0. The number of nitrogens with one attached hydrogen (secondary N) is 1. The Morgan fingerprint density at radius 1 is 1.19 bits per heavy atom. The van der Waals surface area contributed by atoms with Gasteiger partial charge in [-0.2, -0.15) is 8.78 Å². The van der Waals surface area contributed by atoms with E-state index in [1.54, 1.807) is 6.07 Å². The molecule has 0 saturated carbocycles. The van der Waals surface area contributed by atoms with Crippen LogP contribution >= 0.6 is 23.2 Å². The van der Waals surface area contributed by atoms with Crippen molar-refractivity contribution in [2.45, 2.75) is 19.0 Å². The smallest absolute Gasteiger partial charge is 0.321 e. The number of rotatable bonds is 5. The number of fused-ring (bicyclic) bond motifs is 1. The Morgan fingerprint density at radius 3 is 2.72 bits per heavy atom. The van der Waals surface area contributed by atoms with Crippen molar-refractivity contribution in [1.29, 1.82) is 0 Å². The second-order valence-electron chi connectivity index (χ2n) is 8.24. The predicted molar refractivity (Wildman–Crippen MR) is 132 cm³/mol. The van der Waals surface area contributed by atoms with E-state index in [0.717, 1.165) is 12.3 Å². The fourth-order valence-electron chi connectivity index (χ4n) is 4.19. The van der Waals surface area contributed by atoms with Crippen molar-refractivity contribution in [3.63, 3.8) is 0 Å². The molecule has 1 atom stereocenters. The molecule has 1 aromatic carbocycles. The molecule has 0 radical (unpaired) electrons. The molecule has 1 aliphatic heterocycles. The fourth-order valence-corrected chi connectivity index (χ4v) is 4.69. The van der Waals surface area contributed by atoms with E-state index in [4.69, 9.17) is 33.5 Å². The zero-order valence-corrected chi connectivity index (χ0v) is 19.9. The number of nitrogen functional groups attached to an aromatic ring is 1. The van der Waals surface area contributed by atoms with E-state index in [1.807, 2.05) is 4.90 Å². The summed E-state index contributed by atoms with van der Waals surface area (Å²) in [6, 6.07) is 6.87. The zero-order chi connectivity index (χ0) is 25.6. The number of carbonyl (C=O) groups excluding carboxylic acids is 1. The molecule has 5 rings (SSSR count). The Morgan fingerprint density at radius 2 is 1.97 bits per heavy atom. The molecular formula is C23H18Cl2F2N6O3. The van der Waals surface area contributed by atoms with Gasteiger partial charge in [0.2, 0.25) is 5.58 Å². The molecule has 13 heteroatoms. The number of nitrogens with zero attached hydrogens (tertiary/aromatic N) is 4. The monoisotopic (exact) mass is 534 g/mol. The van der Waals surface area contributed by atoms with Gasteiger partial charge in [-0.15, -0.1) is 0 Å². The third kappa shape index (κ3) is 4.35. The summed E-state index contributed by atoms with van der Waals surface area (Å²) < 4.78 is 31.8. The number of alkyl halides is 2. The van der Waals surface area contributed by atoms with Gasteiger partial charge in [0.25, 0.3) is 11.5 Å². The molecule has 36 heavy (non-hydrogen) atoms. The summed E-state index contributed by atoms with van der Waals surface area (Å²) >= 11 is 12.5. The van der Waals surface area contributed by atoms with Crippen molar-refractivity contribution in [2.75, 3.05) is 23.7 Å². The van der Waals surface area contributed by atoms with Gasteiger partial charge in [0, 0.05) is 37.6 Å². The molecule has 1 saturated heterocycles. The molecule has 4 aromatic rings. The van der Waals surface area contributed by atoms with Crippen LogP contribution < -0.4 is 21.5 Å². The van der Waals surface area contributed by atoms with Crippen LogP contribution in [0.15, 0.2) is 52.0 Å². The first-order chi connectivity index (χ1) is 17.2. The van der Waals surface area contributed by atoms with E-state index in [1.165, 1.54) is 24.4 Å². The Hall–Kier alpha value is -3.70. The summed E-state index contributed by atoms with van der Waals surface area (Å²) in [5.41, 5.74) is 6.49. The zero-order valence-electron chi connectivity index (χ0n) is 18.4. The van der Waals surface area contributed by atoms with Crippen molar-refractivity contribution in [1.82, 2.24) is 20.0 Å².